The van der Waals surface area contributed by atoms with Gasteiger partial charge in [0.05, 0.1) is 5.69 Å². The molecule has 1 amide bonds. The molecule has 2 aromatic rings. The van der Waals surface area contributed by atoms with E-state index < -0.39 is 12.7 Å². The Hall–Kier alpha value is -2.77. The minimum absolute atomic E-state index is 0.0648. The average Bonchev–Trinajstić information content (AvgIpc) is 2.37. The standard InChI is InChI=1S/C13H11F2N3O3/c1-7-6-10(21-12(14)15)18-11(16-7)8-4-2-3-5-9(8)17-13(19)20/h2-6,12,17H,1H3,(H,19,20)/p-1. The Balaban J connectivity index is 2.46. The molecule has 0 aliphatic carbocycles. The Labute approximate surface area is 118 Å². The van der Waals surface area contributed by atoms with Gasteiger partial charge in [0, 0.05) is 17.3 Å². The number of benzene rings is 1. The van der Waals surface area contributed by atoms with E-state index in [0.717, 1.165) is 0 Å². The van der Waals surface area contributed by atoms with Crippen LogP contribution < -0.4 is 15.2 Å². The molecule has 0 fully saturated rings. The Kier molecular flexibility index (Phi) is 4.27. The third-order valence-electron chi connectivity index (χ3n) is 2.45. The number of nitrogens with one attached hydrogen (secondary N) is 1. The summed E-state index contributed by atoms with van der Waals surface area (Å²) < 4.78 is 28.8. The van der Waals surface area contributed by atoms with Gasteiger partial charge in [0.15, 0.2) is 5.82 Å². The first kappa shape index (κ1) is 14.6. The van der Waals surface area contributed by atoms with Crippen LogP contribution in [0.3, 0.4) is 0 Å². The number of aryl methyl sites for hydroxylation is 1. The number of hydrogen-bond acceptors (Lipinski definition) is 5. The molecule has 0 radical (unpaired) electrons. The van der Waals surface area contributed by atoms with Gasteiger partial charge in [-0.3, -0.25) is 0 Å². The summed E-state index contributed by atoms with van der Waals surface area (Å²) in [5.41, 5.74) is 0.912. The van der Waals surface area contributed by atoms with E-state index in [1.807, 2.05) is 0 Å². The van der Waals surface area contributed by atoms with Crippen LogP contribution >= 0.6 is 0 Å². The van der Waals surface area contributed by atoms with Crippen LogP contribution in [-0.4, -0.2) is 22.7 Å². The largest absolute Gasteiger partial charge is 0.530 e. The van der Waals surface area contributed by atoms with E-state index in [0.29, 0.717) is 11.3 Å². The molecule has 0 aliphatic heterocycles. The number of carboxylic acid groups (broad SMARTS) is 1. The Bertz CT molecular complexity index is 665. The summed E-state index contributed by atoms with van der Waals surface area (Å²) in [5.74, 6) is -0.231. The molecule has 21 heavy (non-hydrogen) atoms. The van der Waals surface area contributed by atoms with Crippen molar-refractivity contribution in [2.24, 2.45) is 0 Å². The molecule has 1 N–H and O–H groups in total. The fourth-order valence-electron chi connectivity index (χ4n) is 1.71. The molecule has 1 aromatic heterocycles. The van der Waals surface area contributed by atoms with Crippen LogP contribution in [0, 0.1) is 6.92 Å². The van der Waals surface area contributed by atoms with Gasteiger partial charge in [-0.2, -0.15) is 13.8 Å². The number of carbonyl (C=O) groups excluding carboxylic acids is 1. The van der Waals surface area contributed by atoms with E-state index in [-0.39, 0.29) is 17.4 Å². The van der Waals surface area contributed by atoms with Gasteiger partial charge in [-0.05, 0) is 19.1 Å². The molecule has 1 aromatic carbocycles. The summed E-state index contributed by atoms with van der Waals surface area (Å²) in [5, 5.41) is 12.7. The van der Waals surface area contributed by atoms with E-state index in [9.17, 15) is 18.7 Å². The van der Waals surface area contributed by atoms with Crippen LogP contribution in [0.4, 0.5) is 19.3 Å². The molecule has 0 atom stereocenters. The first-order valence-electron chi connectivity index (χ1n) is 5.83. The molecule has 0 spiro atoms. The second kappa shape index (κ2) is 6.12. The number of rotatable bonds is 4. The van der Waals surface area contributed by atoms with Crippen molar-refractivity contribution in [1.82, 2.24) is 9.97 Å². The number of halogens is 2. The third-order valence-corrected chi connectivity index (χ3v) is 2.45. The molecular formula is C13H10F2N3O3-. The Morgan fingerprint density at radius 3 is 2.71 bits per heavy atom. The zero-order chi connectivity index (χ0) is 15.4. The fourth-order valence-corrected chi connectivity index (χ4v) is 1.71. The van der Waals surface area contributed by atoms with Gasteiger partial charge >= 0.3 is 6.61 Å². The van der Waals surface area contributed by atoms with Crippen LogP contribution in [-0.2, 0) is 0 Å². The number of aromatic nitrogens is 2. The maximum Gasteiger partial charge on any atom is 0.388 e. The Morgan fingerprint density at radius 1 is 1.33 bits per heavy atom. The molecular weight excluding hydrogens is 284 g/mol. The summed E-state index contributed by atoms with van der Waals surface area (Å²) >= 11 is 0. The quantitative estimate of drug-likeness (QED) is 0.929. The van der Waals surface area contributed by atoms with E-state index in [2.05, 4.69) is 20.0 Å². The average molecular weight is 294 g/mol. The van der Waals surface area contributed by atoms with E-state index in [1.54, 1.807) is 25.1 Å². The lowest BCUT2D eigenvalue weighted by atomic mass is 10.1. The molecule has 1 heterocycles. The lowest BCUT2D eigenvalue weighted by Crippen LogP contribution is -2.29. The number of nitrogens with zero attached hydrogens (tertiary/aromatic N) is 2. The topological polar surface area (TPSA) is 87.2 Å². The number of carbonyl (C=O) groups is 1. The Morgan fingerprint density at radius 2 is 2.05 bits per heavy atom. The second-order valence-corrected chi connectivity index (χ2v) is 4.01. The van der Waals surface area contributed by atoms with Gasteiger partial charge in [-0.15, -0.1) is 0 Å². The minimum atomic E-state index is -3.01. The normalized spacial score (nSPS) is 10.5. The molecule has 0 saturated heterocycles. The number of ether oxygens (including phenoxy) is 1. The van der Waals surface area contributed by atoms with E-state index in [1.165, 1.54) is 12.1 Å². The summed E-state index contributed by atoms with van der Waals surface area (Å²) in [4.78, 5) is 18.6. The molecule has 8 heteroatoms. The van der Waals surface area contributed by atoms with Crippen molar-refractivity contribution in [3.8, 4) is 17.3 Å². The molecule has 0 saturated carbocycles. The summed E-state index contributed by atoms with van der Waals surface area (Å²) in [6.45, 7) is -1.43. The zero-order valence-corrected chi connectivity index (χ0v) is 10.8. The van der Waals surface area contributed by atoms with Gasteiger partial charge in [0.1, 0.15) is 6.09 Å². The van der Waals surface area contributed by atoms with Gasteiger partial charge in [-0.25, -0.2) is 4.98 Å². The van der Waals surface area contributed by atoms with Crippen LogP contribution in [0.2, 0.25) is 0 Å². The van der Waals surface area contributed by atoms with Crippen LogP contribution in [0.25, 0.3) is 11.4 Å². The van der Waals surface area contributed by atoms with Crippen molar-refractivity contribution in [3.05, 3.63) is 36.0 Å². The van der Waals surface area contributed by atoms with Crippen molar-refractivity contribution < 1.29 is 23.4 Å². The number of alkyl halides is 2. The van der Waals surface area contributed by atoms with Crippen LogP contribution in [0.15, 0.2) is 30.3 Å². The molecule has 2 rings (SSSR count). The predicted molar refractivity (Wildman–Crippen MR) is 67.9 cm³/mol. The van der Waals surface area contributed by atoms with Crippen molar-refractivity contribution in [3.63, 3.8) is 0 Å². The number of amides is 1. The van der Waals surface area contributed by atoms with Crippen LogP contribution in [0.5, 0.6) is 5.88 Å². The minimum Gasteiger partial charge on any atom is -0.530 e. The van der Waals surface area contributed by atoms with Gasteiger partial charge < -0.3 is 20.0 Å². The first-order valence-corrected chi connectivity index (χ1v) is 5.83. The lowest BCUT2D eigenvalue weighted by molar-refractivity contribution is -0.242. The van der Waals surface area contributed by atoms with Gasteiger partial charge in [0.2, 0.25) is 5.88 Å². The van der Waals surface area contributed by atoms with Gasteiger partial charge in [0.25, 0.3) is 0 Å². The van der Waals surface area contributed by atoms with E-state index >= 15 is 0 Å². The SMILES string of the molecule is Cc1cc(OC(F)F)nc(-c2ccccc2NC(=O)[O-])n1. The monoisotopic (exact) mass is 294 g/mol. The molecule has 0 unspecified atom stereocenters. The van der Waals surface area contributed by atoms with Crippen molar-refractivity contribution >= 4 is 11.8 Å². The van der Waals surface area contributed by atoms with Crippen LogP contribution in [0.1, 0.15) is 5.69 Å². The highest BCUT2D eigenvalue weighted by Crippen LogP contribution is 2.27. The maximum absolute atomic E-state index is 12.3. The lowest BCUT2D eigenvalue weighted by Gasteiger charge is -2.12. The van der Waals surface area contributed by atoms with Crippen molar-refractivity contribution in [2.75, 3.05) is 5.32 Å². The number of hydrogen-bond donors (Lipinski definition) is 1. The molecule has 0 bridgehead atoms. The highest BCUT2D eigenvalue weighted by Gasteiger charge is 2.12. The zero-order valence-electron chi connectivity index (χ0n) is 10.8. The molecule has 110 valence electrons. The van der Waals surface area contributed by atoms with Gasteiger partial charge in [-0.1, -0.05) is 12.1 Å². The smallest absolute Gasteiger partial charge is 0.388 e. The maximum atomic E-state index is 12.3. The summed E-state index contributed by atoms with van der Waals surface area (Å²) in [6.07, 6.45) is -1.50. The van der Waals surface area contributed by atoms with Crippen molar-refractivity contribution in [2.45, 2.75) is 13.5 Å². The summed E-state index contributed by atoms with van der Waals surface area (Å²) in [6, 6.07) is 7.51. The molecule has 6 nitrogen and oxygen atoms in total. The number of anilines is 1. The summed E-state index contributed by atoms with van der Waals surface area (Å²) in [7, 11) is 0. The van der Waals surface area contributed by atoms with E-state index in [4.69, 9.17) is 0 Å². The second-order valence-electron chi connectivity index (χ2n) is 4.01. The fraction of sp³-hybridized carbons (Fsp3) is 0.154. The first-order chi connectivity index (χ1) is 9.95. The molecule has 0 aliphatic rings. The third kappa shape index (κ3) is 3.85. The predicted octanol–water partition coefficient (Wildman–Crippen LogP) is 1.81. The number of para-hydroxylation sites is 1. The highest BCUT2D eigenvalue weighted by atomic mass is 19.3. The van der Waals surface area contributed by atoms with Crippen molar-refractivity contribution in [1.29, 1.82) is 0 Å². The highest BCUT2D eigenvalue weighted by molar-refractivity contribution is 5.88.